The lowest BCUT2D eigenvalue weighted by Gasteiger charge is -2.29. The van der Waals surface area contributed by atoms with Gasteiger partial charge in [-0.25, -0.2) is 0 Å². The SMILES string of the molecule is CCCN1C(=S)N[C@@H](c2ccccn2)[C@H]1c1cccn1C[C@@H]1CCCO1. The number of nitrogens with one attached hydrogen (secondary N) is 1. The van der Waals surface area contributed by atoms with Crippen molar-refractivity contribution >= 4 is 17.3 Å². The maximum absolute atomic E-state index is 5.86. The molecule has 0 unspecified atom stereocenters. The van der Waals surface area contributed by atoms with Crippen molar-refractivity contribution in [2.24, 2.45) is 0 Å². The van der Waals surface area contributed by atoms with Gasteiger partial charge in [-0.05, 0) is 55.7 Å². The lowest BCUT2D eigenvalue weighted by molar-refractivity contribution is 0.0953. The Bertz CT molecular complexity index is 741. The largest absolute Gasteiger partial charge is 0.376 e. The number of ether oxygens (including phenoxy) is 1. The van der Waals surface area contributed by atoms with Gasteiger partial charge in [0.15, 0.2) is 5.11 Å². The van der Waals surface area contributed by atoms with Crippen molar-refractivity contribution in [3.05, 3.63) is 54.1 Å². The summed E-state index contributed by atoms with van der Waals surface area (Å²) in [6, 6.07) is 10.6. The average Bonchev–Trinajstić information content (AvgIpc) is 3.39. The number of hydrogen-bond acceptors (Lipinski definition) is 3. The van der Waals surface area contributed by atoms with Gasteiger partial charge in [-0.15, -0.1) is 0 Å². The quantitative estimate of drug-likeness (QED) is 0.789. The molecule has 4 heterocycles. The van der Waals surface area contributed by atoms with Crippen molar-refractivity contribution in [3.8, 4) is 0 Å². The van der Waals surface area contributed by atoms with Gasteiger partial charge < -0.3 is 19.5 Å². The van der Waals surface area contributed by atoms with Gasteiger partial charge in [-0.3, -0.25) is 4.98 Å². The fourth-order valence-electron chi connectivity index (χ4n) is 4.08. The minimum Gasteiger partial charge on any atom is -0.376 e. The molecule has 138 valence electrons. The molecule has 2 aromatic heterocycles. The van der Waals surface area contributed by atoms with E-state index in [1.807, 2.05) is 18.3 Å². The summed E-state index contributed by atoms with van der Waals surface area (Å²) in [5.41, 5.74) is 2.31. The number of rotatable bonds is 6. The summed E-state index contributed by atoms with van der Waals surface area (Å²) in [5, 5.41) is 4.33. The Balaban J connectivity index is 1.68. The summed E-state index contributed by atoms with van der Waals surface area (Å²) in [6.07, 6.45) is 7.69. The number of nitrogens with zero attached hydrogens (tertiary/aromatic N) is 3. The Morgan fingerprint density at radius 2 is 2.23 bits per heavy atom. The zero-order valence-corrected chi connectivity index (χ0v) is 16.0. The Morgan fingerprint density at radius 1 is 1.31 bits per heavy atom. The van der Waals surface area contributed by atoms with Crippen molar-refractivity contribution in [1.29, 1.82) is 0 Å². The highest BCUT2D eigenvalue weighted by Crippen LogP contribution is 2.39. The van der Waals surface area contributed by atoms with Crippen LogP contribution in [0.2, 0.25) is 0 Å². The van der Waals surface area contributed by atoms with Crippen LogP contribution in [0.5, 0.6) is 0 Å². The van der Waals surface area contributed by atoms with Gasteiger partial charge in [0.25, 0.3) is 0 Å². The van der Waals surface area contributed by atoms with Crippen molar-refractivity contribution in [3.63, 3.8) is 0 Å². The summed E-state index contributed by atoms with van der Waals surface area (Å²) in [5.74, 6) is 0. The van der Waals surface area contributed by atoms with Crippen LogP contribution in [0.4, 0.5) is 0 Å². The Morgan fingerprint density at radius 3 is 2.96 bits per heavy atom. The monoisotopic (exact) mass is 370 g/mol. The molecule has 2 aromatic rings. The molecule has 2 fully saturated rings. The van der Waals surface area contributed by atoms with Crippen LogP contribution in [0.3, 0.4) is 0 Å². The summed E-state index contributed by atoms with van der Waals surface area (Å²) >= 11 is 5.67. The Hall–Kier alpha value is -1.92. The van der Waals surface area contributed by atoms with E-state index in [2.05, 4.69) is 51.1 Å². The molecule has 4 rings (SSSR count). The predicted octanol–water partition coefficient (Wildman–Crippen LogP) is 3.44. The fourth-order valence-corrected chi connectivity index (χ4v) is 4.41. The van der Waals surface area contributed by atoms with Crippen LogP contribution in [0, 0.1) is 0 Å². The summed E-state index contributed by atoms with van der Waals surface area (Å²) < 4.78 is 8.20. The van der Waals surface area contributed by atoms with Gasteiger partial charge in [-0.2, -0.15) is 0 Å². The molecule has 1 N–H and O–H groups in total. The van der Waals surface area contributed by atoms with Crippen molar-refractivity contribution < 1.29 is 4.74 Å². The zero-order valence-electron chi connectivity index (χ0n) is 15.2. The van der Waals surface area contributed by atoms with Crippen LogP contribution >= 0.6 is 12.2 Å². The van der Waals surface area contributed by atoms with Crippen LogP contribution in [-0.4, -0.2) is 38.8 Å². The molecular formula is C20H26N4OS. The lowest BCUT2D eigenvalue weighted by Crippen LogP contribution is -2.31. The summed E-state index contributed by atoms with van der Waals surface area (Å²) in [4.78, 5) is 6.92. The van der Waals surface area contributed by atoms with Crippen molar-refractivity contribution in [1.82, 2.24) is 19.8 Å². The molecule has 0 bridgehead atoms. The smallest absolute Gasteiger partial charge is 0.170 e. The molecule has 2 saturated heterocycles. The second kappa shape index (κ2) is 7.76. The molecule has 5 nitrogen and oxygen atoms in total. The molecule has 3 atom stereocenters. The molecule has 0 aliphatic carbocycles. The highest BCUT2D eigenvalue weighted by atomic mass is 32.1. The van der Waals surface area contributed by atoms with Crippen LogP contribution in [-0.2, 0) is 11.3 Å². The maximum atomic E-state index is 5.86. The first-order valence-electron chi connectivity index (χ1n) is 9.52. The normalized spacial score (nSPS) is 25.7. The maximum Gasteiger partial charge on any atom is 0.170 e. The van der Waals surface area contributed by atoms with Crippen LogP contribution in [0.15, 0.2) is 42.7 Å². The van der Waals surface area contributed by atoms with Crippen molar-refractivity contribution in [2.45, 2.75) is 50.9 Å². The lowest BCUT2D eigenvalue weighted by atomic mass is 10.0. The van der Waals surface area contributed by atoms with Crippen molar-refractivity contribution in [2.75, 3.05) is 13.2 Å². The molecular weight excluding hydrogens is 344 g/mol. The van der Waals surface area contributed by atoms with Gasteiger partial charge in [0.1, 0.15) is 0 Å². The van der Waals surface area contributed by atoms with Crippen LogP contribution < -0.4 is 5.32 Å². The van der Waals surface area contributed by atoms with E-state index in [9.17, 15) is 0 Å². The van der Waals surface area contributed by atoms with E-state index in [0.29, 0.717) is 6.10 Å². The Labute approximate surface area is 160 Å². The van der Waals surface area contributed by atoms with Gasteiger partial charge in [0.05, 0.1) is 23.9 Å². The molecule has 0 saturated carbocycles. The minimum atomic E-state index is 0.0633. The first-order chi connectivity index (χ1) is 12.8. The topological polar surface area (TPSA) is 42.3 Å². The van der Waals surface area contributed by atoms with E-state index < -0.39 is 0 Å². The first kappa shape index (κ1) is 17.5. The van der Waals surface area contributed by atoms with E-state index in [1.54, 1.807) is 0 Å². The molecule has 6 heteroatoms. The van der Waals surface area contributed by atoms with E-state index >= 15 is 0 Å². The minimum absolute atomic E-state index is 0.0633. The van der Waals surface area contributed by atoms with Crippen LogP contribution in [0.25, 0.3) is 0 Å². The van der Waals surface area contributed by atoms with Gasteiger partial charge in [-0.1, -0.05) is 13.0 Å². The number of thiocarbonyl (C=S) groups is 1. The zero-order chi connectivity index (χ0) is 17.9. The second-order valence-corrected chi connectivity index (χ2v) is 7.43. The molecule has 2 aliphatic rings. The number of hydrogen-bond donors (Lipinski definition) is 1. The molecule has 2 aliphatic heterocycles. The van der Waals surface area contributed by atoms with E-state index in [1.165, 1.54) is 5.69 Å². The summed E-state index contributed by atoms with van der Waals surface area (Å²) in [6.45, 7) is 4.92. The third kappa shape index (κ3) is 3.35. The molecule has 0 spiro atoms. The second-order valence-electron chi connectivity index (χ2n) is 7.04. The molecule has 0 amide bonds. The van der Waals surface area contributed by atoms with Gasteiger partial charge in [0.2, 0.25) is 0 Å². The van der Waals surface area contributed by atoms with E-state index in [0.717, 1.165) is 49.8 Å². The average molecular weight is 371 g/mol. The Kier molecular flexibility index (Phi) is 5.22. The molecule has 0 radical (unpaired) electrons. The van der Waals surface area contributed by atoms with E-state index in [-0.39, 0.29) is 12.1 Å². The third-order valence-electron chi connectivity index (χ3n) is 5.25. The predicted molar refractivity (Wildman–Crippen MR) is 106 cm³/mol. The summed E-state index contributed by atoms with van der Waals surface area (Å²) in [7, 11) is 0. The third-order valence-corrected chi connectivity index (χ3v) is 5.61. The van der Waals surface area contributed by atoms with E-state index in [4.69, 9.17) is 17.0 Å². The van der Waals surface area contributed by atoms with Gasteiger partial charge in [0, 0.05) is 37.8 Å². The highest BCUT2D eigenvalue weighted by Gasteiger charge is 2.40. The van der Waals surface area contributed by atoms with Gasteiger partial charge >= 0.3 is 0 Å². The fraction of sp³-hybridized carbons (Fsp3) is 0.500. The number of pyridine rings is 1. The standard InChI is InChI=1S/C20H26N4OS/c1-2-11-24-19(18(22-20(24)26)16-8-3-4-10-21-16)17-9-5-12-23(17)14-15-7-6-13-25-15/h3-5,8-10,12,15,18-19H,2,6-7,11,13-14H2,1H3,(H,22,26)/t15-,18-,19+/m0/s1. The first-order valence-corrected chi connectivity index (χ1v) is 9.93. The highest BCUT2D eigenvalue weighted by molar-refractivity contribution is 7.80. The number of aromatic nitrogens is 2. The van der Waals surface area contributed by atoms with Crippen LogP contribution in [0.1, 0.15) is 49.7 Å². The molecule has 0 aromatic carbocycles. The molecule has 26 heavy (non-hydrogen) atoms.